The number of carbonyl (C=O) groups is 1. The van der Waals surface area contributed by atoms with E-state index >= 15 is 0 Å². The first kappa shape index (κ1) is 20.7. The number of amides is 1. The van der Waals surface area contributed by atoms with Gasteiger partial charge in [-0.2, -0.15) is 0 Å². The average molecular weight is 388 g/mol. The van der Waals surface area contributed by atoms with Gasteiger partial charge in [-0.25, -0.2) is 0 Å². The van der Waals surface area contributed by atoms with Crippen LogP contribution in [-0.2, 0) is 11.3 Å². The van der Waals surface area contributed by atoms with Crippen molar-refractivity contribution in [2.75, 3.05) is 32.8 Å². The fraction of sp³-hybridized carbons (Fsp3) is 0.591. The number of hydrogen-bond acceptors (Lipinski definition) is 4. The minimum absolute atomic E-state index is 0.000750. The van der Waals surface area contributed by atoms with Gasteiger partial charge in [0, 0.05) is 37.1 Å². The Balaban J connectivity index is 1.66. The molecule has 28 heavy (non-hydrogen) atoms. The average Bonchev–Trinajstić information content (AvgIpc) is 3.29. The molecular weight excluding hydrogens is 354 g/mol. The zero-order valence-electron chi connectivity index (χ0n) is 17.5. The highest BCUT2D eigenvalue weighted by Crippen LogP contribution is 2.18. The minimum atomic E-state index is 0.000750. The van der Waals surface area contributed by atoms with Crippen molar-refractivity contribution >= 4 is 5.91 Å². The molecular formula is C22H33N3O3. The molecule has 0 spiro atoms. The molecule has 0 saturated carbocycles. The van der Waals surface area contributed by atoms with Crippen molar-refractivity contribution < 1.29 is 13.9 Å². The molecule has 6 heteroatoms. The monoisotopic (exact) mass is 387 g/mol. The third-order valence-corrected chi connectivity index (χ3v) is 5.52. The lowest BCUT2D eigenvalue weighted by Gasteiger charge is -2.35. The van der Waals surface area contributed by atoms with Crippen LogP contribution in [0.15, 0.2) is 28.9 Å². The fourth-order valence-corrected chi connectivity index (χ4v) is 3.99. The molecule has 2 aromatic heterocycles. The van der Waals surface area contributed by atoms with Crippen molar-refractivity contribution in [1.29, 1.82) is 0 Å². The molecule has 1 unspecified atom stereocenters. The largest absolute Gasteiger partial charge is 0.467 e. The number of hydrogen-bond donors (Lipinski definition) is 1. The van der Waals surface area contributed by atoms with Gasteiger partial charge in [0.1, 0.15) is 5.76 Å². The Labute approximate surface area is 167 Å². The lowest BCUT2D eigenvalue weighted by Crippen LogP contribution is -2.49. The topological polar surface area (TPSA) is 59.6 Å². The zero-order chi connectivity index (χ0) is 20.1. The van der Waals surface area contributed by atoms with E-state index in [2.05, 4.69) is 28.6 Å². The molecule has 1 N–H and O–H groups in total. The third kappa shape index (κ3) is 5.06. The molecule has 3 rings (SSSR count). The van der Waals surface area contributed by atoms with Crippen LogP contribution in [0.4, 0.5) is 0 Å². The Hall–Kier alpha value is -2.05. The molecule has 1 aliphatic heterocycles. The van der Waals surface area contributed by atoms with Gasteiger partial charge in [-0.3, -0.25) is 9.69 Å². The van der Waals surface area contributed by atoms with Crippen LogP contribution in [0.5, 0.6) is 0 Å². The number of aryl methyl sites for hydroxylation is 1. The maximum Gasteiger partial charge on any atom is 0.253 e. The Morgan fingerprint density at radius 3 is 2.64 bits per heavy atom. The van der Waals surface area contributed by atoms with Gasteiger partial charge in [-0.15, -0.1) is 0 Å². The van der Waals surface area contributed by atoms with E-state index in [-0.39, 0.29) is 5.91 Å². The first-order valence-corrected chi connectivity index (χ1v) is 10.2. The number of nitrogens with one attached hydrogen (secondary N) is 1. The highest BCUT2D eigenvalue weighted by atomic mass is 16.5. The number of aromatic nitrogens is 1. The van der Waals surface area contributed by atoms with E-state index in [0.717, 1.165) is 55.4 Å². The van der Waals surface area contributed by atoms with Crippen LogP contribution in [0.1, 0.15) is 47.8 Å². The van der Waals surface area contributed by atoms with Gasteiger partial charge in [0.25, 0.3) is 5.91 Å². The van der Waals surface area contributed by atoms with Crippen LogP contribution in [0.25, 0.3) is 0 Å². The number of ether oxygens (including phenoxy) is 1. The van der Waals surface area contributed by atoms with Crippen molar-refractivity contribution in [3.63, 3.8) is 0 Å². The van der Waals surface area contributed by atoms with E-state index < -0.39 is 0 Å². The molecule has 6 nitrogen and oxygen atoms in total. The van der Waals surface area contributed by atoms with Gasteiger partial charge in [0.05, 0.1) is 31.6 Å². The standard InChI is InChI=1S/C22H33N3O3/c1-16(2)12-19(24-7-10-27-11-8-24)14-23-22(26)21-13-17(3)25(18(21)4)15-20-6-5-9-28-20/h5-6,9,13,16,19H,7-8,10-12,14-15H2,1-4H3,(H,23,26). The van der Waals surface area contributed by atoms with Crippen LogP contribution in [0.2, 0.25) is 0 Å². The molecule has 0 radical (unpaired) electrons. The van der Waals surface area contributed by atoms with Gasteiger partial charge >= 0.3 is 0 Å². The SMILES string of the molecule is Cc1cc(C(=O)NCC(CC(C)C)N2CCOCC2)c(C)n1Cc1ccco1. The summed E-state index contributed by atoms with van der Waals surface area (Å²) in [6.07, 6.45) is 2.75. The molecule has 154 valence electrons. The molecule has 2 aromatic rings. The van der Waals surface area contributed by atoms with Gasteiger partial charge in [-0.1, -0.05) is 13.8 Å². The van der Waals surface area contributed by atoms with Gasteiger partial charge in [0.2, 0.25) is 0 Å². The van der Waals surface area contributed by atoms with E-state index in [1.807, 2.05) is 32.0 Å². The zero-order valence-corrected chi connectivity index (χ0v) is 17.5. The molecule has 1 fully saturated rings. The lowest BCUT2D eigenvalue weighted by molar-refractivity contribution is 0.0124. The van der Waals surface area contributed by atoms with Crippen molar-refractivity contribution in [3.05, 3.63) is 47.2 Å². The Morgan fingerprint density at radius 1 is 1.25 bits per heavy atom. The number of rotatable bonds is 8. The van der Waals surface area contributed by atoms with E-state index in [9.17, 15) is 4.79 Å². The van der Waals surface area contributed by atoms with Crippen molar-refractivity contribution in [1.82, 2.24) is 14.8 Å². The molecule has 0 bridgehead atoms. The molecule has 0 aromatic carbocycles. The third-order valence-electron chi connectivity index (χ3n) is 5.52. The summed E-state index contributed by atoms with van der Waals surface area (Å²) >= 11 is 0. The van der Waals surface area contributed by atoms with Gasteiger partial charge in [0.15, 0.2) is 0 Å². The van der Waals surface area contributed by atoms with Crippen LogP contribution < -0.4 is 5.32 Å². The van der Waals surface area contributed by atoms with Crippen molar-refractivity contribution in [2.45, 2.75) is 46.7 Å². The minimum Gasteiger partial charge on any atom is -0.467 e. The Morgan fingerprint density at radius 2 is 2.00 bits per heavy atom. The molecule has 1 aliphatic rings. The molecule has 1 saturated heterocycles. The predicted molar refractivity (Wildman–Crippen MR) is 110 cm³/mol. The normalized spacial score (nSPS) is 16.5. The maximum atomic E-state index is 12.9. The van der Waals surface area contributed by atoms with Gasteiger partial charge in [-0.05, 0) is 44.4 Å². The van der Waals surface area contributed by atoms with Crippen LogP contribution in [0, 0.1) is 19.8 Å². The second-order valence-corrected chi connectivity index (χ2v) is 8.09. The summed E-state index contributed by atoms with van der Waals surface area (Å²) in [6, 6.07) is 6.16. The molecule has 0 aliphatic carbocycles. The summed E-state index contributed by atoms with van der Waals surface area (Å²) < 4.78 is 13.1. The second-order valence-electron chi connectivity index (χ2n) is 8.09. The van der Waals surface area contributed by atoms with E-state index in [4.69, 9.17) is 9.15 Å². The molecule has 1 amide bonds. The van der Waals surface area contributed by atoms with Crippen LogP contribution in [-0.4, -0.2) is 54.3 Å². The number of nitrogens with zero attached hydrogens (tertiary/aromatic N) is 2. The Bertz CT molecular complexity index is 758. The summed E-state index contributed by atoms with van der Waals surface area (Å²) in [5, 5.41) is 3.18. The van der Waals surface area contributed by atoms with Crippen LogP contribution >= 0.6 is 0 Å². The quantitative estimate of drug-likeness (QED) is 0.756. The summed E-state index contributed by atoms with van der Waals surface area (Å²) in [4.78, 5) is 15.4. The van der Waals surface area contributed by atoms with Gasteiger partial charge < -0.3 is 19.0 Å². The smallest absolute Gasteiger partial charge is 0.253 e. The van der Waals surface area contributed by atoms with E-state index in [0.29, 0.717) is 25.0 Å². The number of carbonyl (C=O) groups excluding carboxylic acids is 1. The first-order chi connectivity index (χ1) is 13.5. The number of furan rings is 1. The van der Waals surface area contributed by atoms with Crippen molar-refractivity contribution in [2.24, 2.45) is 5.92 Å². The van der Waals surface area contributed by atoms with E-state index in [1.165, 1.54) is 0 Å². The summed E-state index contributed by atoms with van der Waals surface area (Å²) in [5.41, 5.74) is 2.78. The highest BCUT2D eigenvalue weighted by Gasteiger charge is 2.23. The summed E-state index contributed by atoms with van der Waals surface area (Å²) in [7, 11) is 0. The van der Waals surface area contributed by atoms with Crippen LogP contribution in [0.3, 0.4) is 0 Å². The van der Waals surface area contributed by atoms with E-state index in [1.54, 1.807) is 6.26 Å². The fourth-order valence-electron chi connectivity index (χ4n) is 3.99. The number of morpholine rings is 1. The molecule has 1 atom stereocenters. The predicted octanol–water partition coefficient (Wildman–Crippen LogP) is 3.22. The second kappa shape index (κ2) is 9.43. The Kier molecular flexibility index (Phi) is 6.97. The molecule has 3 heterocycles. The summed E-state index contributed by atoms with van der Waals surface area (Å²) in [5.74, 6) is 1.47. The summed E-state index contributed by atoms with van der Waals surface area (Å²) in [6.45, 7) is 13.2. The van der Waals surface area contributed by atoms with Crippen molar-refractivity contribution in [3.8, 4) is 0 Å². The maximum absolute atomic E-state index is 12.9. The first-order valence-electron chi connectivity index (χ1n) is 10.2. The lowest BCUT2D eigenvalue weighted by atomic mass is 10.0. The highest BCUT2D eigenvalue weighted by molar-refractivity contribution is 5.95.